The van der Waals surface area contributed by atoms with Crippen molar-refractivity contribution in [1.82, 2.24) is 0 Å². The van der Waals surface area contributed by atoms with Gasteiger partial charge in [0, 0.05) is 17.1 Å². The van der Waals surface area contributed by atoms with Crippen LogP contribution in [0.5, 0.6) is 11.5 Å². The first-order valence-corrected chi connectivity index (χ1v) is 24.6. The largest absolute Gasteiger partial charge is 0.457 e. The lowest BCUT2D eigenvalue weighted by molar-refractivity contribution is 0.399. The fraction of sp³-hybridized carbons (Fsp3) is 0.118. The van der Waals surface area contributed by atoms with Gasteiger partial charge in [-0.3, -0.25) is 0 Å². The molecule has 1 aliphatic rings. The van der Waals surface area contributed by atoms with E-state index in [4.69, 9.17) is 4.74 Å². The number of hydrogen-bond acceptors (Lipinski definition) is 2. The molecule has 2 heteroatoms. The van der Waals surface area contributed by atoms with Crippen LogP contribution in [-0.2, 0) is 10.8 Å². The fourth-order valence-corrected chi connectivity index (χ4v) is 11.1. The van der Waals surface area contributed by atoms with E-state index in [-0.39, 0.29) is 5.41 Å². The van der Waals surface area contributed by atoms with Gasteiger partial charge in [-0.1, -0.05) is 216 Å². The van der Waals surface area contributed by atoms with Gasteiger partial charge in [0.15, 0.2) is 0 Å². The maximum atomic E-state index is 6.53. The van der Waals surface area contributed by atoms with Crippen molar-refractivity contribution in [1.29, 1.82) is 0 Å². The lowest BCUT2D eigenvalue weighted by Crippen LogP contribution is -2.28. The van der Waals surface area contributed by atoms with E-state index < -0.39 is 5.41 Å². The second-order valence-corrected chi connectivity index (χ2v) is 19.8. The highest BCUT2D eigenvalue weighted by Crippen LogP contribution is 2.57. The topological polar surface area (TPSA) is 12.5 Å². The van der Waals surface area contributed by atoms with Crippen molar-refractivity contribution < 1.29 is 4.74 Å². The van der Waals surface area contributed by atoms with E-state index >= 15 is 0 Å². The highest BCUT2D eigenvalue weighted by Gasteiger charge is 2.46. The summed E-state index contributed by atoms with van der Waals surface area (Å²) >= 11 is 0. The second kappa shape index (κ2) is 18.7. The third-order valence-electron chi connectivity index (χ3n) is 14.3. The van der Waals surface area contributed by atoms with Gasteiger partial charge in [0.05, 0.1) is 5.41 Å². The Balaban J connectivity index is 0.955. The van der Waals surface area contributed by atoms with Gasteiger partial charge in [-0.2, -0.15) is 0 Å². The Bertz CT molecular complexity index is 3280. The Labute approximate surface area is 414 Å². The normalized spacial score (nSPS) is 14.0. The number of ether oxygens (including phenoxy) is 1. The maximum Gasteiger partial charge on any atom is 0.127 e. The first-order chi connectivity index (χ1) is 34.2. The standard InChI is InChI=1S/C68H57NO/c1-48(2)47-67(3,4)55-31-41-61(42-32-55)70-62-43-33-57(34-44-62)68(56-20-12-7-13-21-56)65-23-15-14-22-63(65)64-45-30-54(46-66(64)68)53-28-39-60(40-29-53)69(58-35-24-51(25-36-58)49-16-8-5-9-17-49)59-37-26-52(27-38-59)50-18-10-6-11-19-50/h5-46,48H,47H2,1-4H3. The summed E-state index contributed by atoms with van der Waals surface area (Å²) in [5, 5.41) is 0. The van der Waals surface area contributed by atoms with E-state index in [0.29, 0.717) is 5.92 Å². The minimum Gasteiger partial charge on any atom is -0.457 e. The molecule has 10 aromatic carbocycles. The summed E-state index contributed by atoms with van der Waals surface area (Å²) in [6.07, 6.45) is 1.13. The summed E-state index contributed by atoms with van der Waals surface area (Å²) in [6.45, 7) is 9.24. The van der Waals surface area contributed by atoms with Crippen molar-refractivity contribution in [3.8, 4) is 56.0 Å². The van der Waals surface area contributed by atoms with Crippen LogP contribution in [0.4, 0.5) is 17.1 Å². The molecule has 0 bridgehead atoms. The third-order valence-corrected chi connectivity index (χ3v) is 14.3. The molecule has 0 aromatic heterocycles. The summed E-state index contributed by atoms with van der Waals surface area (Å²) in [5.74, 6) is 2.28. The lowest BCUT2D eigenvalue weighted by atomic mass is 9.67. The van der Waals surface area contributed by atoms with Gasteiger partial charge in [0.25, 0.3) is 0 Å². The predicted molar refractivity (Wildman–Crippen MR) is 294 cm³/mol. The summed E-state index contributed by atoms with van der Waals surface area (Å²) < 4.78 is 6.53. The lowest BCUT2D eigenvalue weighted by Gasteiger charge is -2.34. The van der Waals surface area contributed by atoms with Gasteiger partial charge in [0.2, 0.25) is 0 Å². The minimum absolute atomic E-state index is 0.103. The zero-order valence-electron chi connectivity index (χ0n) is 40.4. The van der Waals surface area contributed by atoms with Crippen LogP contribution in [0.25, 0.3) is 44.5 Å². The Morgan fingerprint density at radius 1 is 0.386 bits per heavy atom. The van der Waals surface area contributed by atoms with Crippen molar-refractivity contribution in [3.05, 3.63) is 283 Å². The summed E-state index contributed by atoms with van der Waals surface area (Å²) in [7, 11) is 0. The van der Waals surface area contributed by atoms with Crippen LogP contribution in [0.2, 0.25) is 0 Å². The SMILES string of the molecule is CC(C)CC(C)(C)c1ccc(Oc2ccc(C3(c4ccccc4)c4ccccc4-c4ccc(-c5ccc(N(c6ccc(-c7ccccc7)cc6)c6ccc(-c7ccccc7)cc6)cc5)cc43)cc2)cc1. The van der Waals surface area contributed by atoms with Crippen LogP contribution in [0, 0.1) is 5.92 Å². The summed E-state index contributed by atoms with van der Waals surface area (Å²) in [4.78, 5) is 2.35. The third kappa shape index (κ3) is 8.41. The first kappa shape index (κ1) is 44.3. The number of rotatable bonds is 13. The van der Waals surface area contributed by atoms with E-state index in [0.717, 1.165) is 40.5 Å². The summed E-state index contributed by atoms with van der Waals surface area (Å²) in [6, 6.07) is 92.5. The van der Waals surface area contributed by atoms with E-state index in [2.05, 4.69) is 287 Å². The monoisotopic (exact) mass is 903 g/mol. The number of fused-ring (bicyclic) bond motifs is 3. The number of benzene rings is 10. The van der Waals surface area contributed by atoms with Crippen molar-refractivity contribution >= 4 is 17.1 Å². The highest BCUT2D eigenvalue weighted by atomic mass is 16.5. The fourth-order valence-electron chi connectivity index (χ4n) is 11.1. The molecule has 0 fully saturated rings. The summed E-state index contributed by atoms with van der Waals surface area (Å²) in [5.41, 5.74) is 18.8. The Kier molecular flexibility index (Phi) is 11.8. The van der Waals surface area contributed by atoms with Gasteiger partial charge >= 0.3 is 0 Å². The molecule has 0 aliphatic heterocycles. The van der Waals surface area contributed by atoms with E-state index in [1.807, 2.05) is 0 Å². The molecule has 0 radical (unpaired) electrons. The average molecular weight is 904 g/mol. The molecule has 70 heavy (non-hydrogen) atoms. The molecule has 0 saturated carbocycles. The van der Waals surface area contributed by atoms with Crippen LogP contribution in [-0.4, -0.2) is 0 Å². The van der Waals surface area contributed by atoms with E-state index in [1.165, 1.54) is 66.8 Å². The number of anilines is 3. The quantitative estimate of drug-likeness (QED) is 0.114. The molecule has 1 unspecified atom stereocenters. The van der Waals surface area contributed by atoms with Gasteiger partial charge in [-0.15, -0.1) is 0 Å². The number of hydrogen-bond donors (Lipinski definition) is 0. The van der Waals surface area contributed by atoms with Gasteiger partial charge in [-0.05, 0) is 157 Å². The molecule has 2 nitrogen and oxygen atoms in total. The zero-order chi connectivity index (χ0) is 47.7. The molecule has 1 aliphatic carbocycles. The van der Waals surface area contributed by atoms with Crippen LogP contribution >= 0.6 is 0 Å². The van der Waals surface area contributed by atoms with Crippen molar-refractivity contribution in [2.45, 2.75) is 44.9 Å². The van der Waals surface area contributed by atoms with Crippen molar-refractivity contribution in [2.75, 3.05) is 4.90 Å². The van der Waals surface area contributed by atoms with E-state index in [9.17, 15) is 0 Å². The smallest absolute Gasteiger partial charge is 0.127 e. The zero-order valence-corrected chi connectivity index (χ0v) is 40.4. The second-order valence-electron chi connectivity index (χ2n) is 19.8. The highest BCUT2D eigenvalue weighted by molar-refractivity contribution is 5.89. The first-order valence-electron chi connectivity index (χ1n) is 24.6. The van der Waals surface area contributed by atoms with Crippen LogP contribution in [0.1, 0.15) is 61.9 Å². The molecule has 0 N–H and O–H groups in total. The molecule has 340 valence electrons. The molecule has 0 spiro atoms. The molecule has 0 amide bonds. The molecule has 10 aromatic rings. The molecule has 0 heterocycles. The van der Waals surface area contributed by atoms with Gasteiger partial charge in [-0.25, -0.2) is 0 Å². The van der Waals surface area contributed by atoms with Crippen LogP contribution < -0.4 is 9.64 Å². The molecule has 0 saturated heterocycles. The van der Waals surface area contributed by atoms with E-state index in [1.54, 1.807) is 0 Å². The number of nitrogens with zero attached hydrogens (tertiary/aromatic N) is 1. The molecule has 11 rings (SSSR count). The Hall–Kier alpha value is -8.20. The Morgan fingerprint density at radius 2 is 0.786 bits per heavy atom. The van der Waals surface area contributed by atoms with Crippen LogP contribution in [0.3, 0.4) is 0 Å². The maximum absolute atomic E-state index is 6.53. The van der Waals surface area contributed by atoms with Crippen molar-refractivity contribution in [3.63, 3.8) is 0 Å². The van der Waals surface area contributed by atoms with Crippen LogP contribution in [0.15, 0.2) is 255 Å². The molecular weight excluding hydrogens is 847 g/mol. The predicted octanol–water partition coefficient (Wildman–Crippen LogP) is 18.6. The van der Waals surface area contributed by atoms with Gasteiger partial charge in [0.1, 0.15) is 11.5 Å². The Morgan fingerprint density at radius 3 is 1.30 bits per heavy atom. The minimum atomic E-state index is -0.556. The van der Waals surface area contributed by atoms with Crippen molar-refractivity contribution in [2.24, 2.45) is 5.92 Å². The molecular formula is C68H57NO. The van der Waals surface area contributed by atoms with Gasteiger partial charge < -0.3 is 9.64 Å². The average Bonchev–Trinajstić information content (AvgIpc) is 3.70. The molecule has 1 atom stereocenters.